The predicted octanol–water partition coefficient (Wildman–Crippen LogP) is 3.15. The second kappa shape index (κ2) is 7.47. The van der Waals surface area contributed by atoms with Crippen LogP contribution in [0.2, 0.25) is 0 Å². The minimum atomic E-state index is -0.160. The van der Waals surface area contributed by atoms with Crippen LogP contribution in [-0.4, -0.2) is 50.9 Å². The molecule has 0 aliphatic carbocycles. The van der Waals surface area contributed by atoms with Crippen LogP contribution in [0.4, 0.5) is 0 Å². The molecule has 1 atom stereocenters. The summed E-state index contributed by atoms with van der Waals surface area (Å²) in [5.74, 6) is 0.379. The Morgan fingerprint density at radius 3 is 2.70 bits per heavy atom. The minimum absolute atomic E-state index is 0.160. The Bertz CT molecular complexity index is 785. The van der Waals surface area contributed by atoms with Gasteiger partial charge in [0, 0.05) is 38.4 Å². The quantitative estimate of drug-likeness (QED) is 0.816. The Labute approximate surface area is 162 Å². The molecule has 27 heavy (non-hydrogen) atoms. The Hall–Kier alpha value is -2.14. The van der Waals surface area contributed by atoms with E-state index in [2.05, 4.69) is 57.5 Å². The lowest BCUT2D eigenvalue weighted by atomic mass is 9.78. The first kappa shape index (κ1) is 18.2. The van der Waals surface area contributed by atoms with E-state index >= 15 is 0 Å². The lowest BCUT2D eigenvalue weighted by Gasteiger charge is -2.41. The van der Waals surface area contributed by atoms with Crippen LogP contribution in [0.5, 0.6) is 0 Å². The highest BCUT2D eigenvalue weighted by atomic mass is 16.2. The van der Waals surface area contributed by atoms with Crippen molar-refractivity contribution in [3.05, 3.63) is 54.1 Å². The summed E-state index contributed by atoms with van der Waals surface area (Å²) in [6.07, 6.45) is 7.04. The fourth-order valence-electron chi connectivity index (χ4n) is 4.70. The molecule has 0 N–H and O–H groups in total. The van der Waals surface area contributed by atoms with E-state index in [9.17, 15) is 4.79 Å². The van der Waals surface area contributed by atoms with Gasteiger partial charge >= 0.3 is 0 Å². The van der Waals surface area contributed by atoms with E-state index in [1.165, 1.54) is 11.3 Å². The van der Waals surface area contributed by atoms with E-state index in [1.54, 1.807) is 0 Å². The second-order valence-electron chi connectivity index (χ2n) is 8.44. The molecule has 1 aromatic heterocycles. The minimum Gasteiger partial charge on any atom is -0.340 e. The van der Waals surface area contributed by atoms with E-state index < -0.39 is 0 Å². The fourth-order valence-corrected chi connectivity index (χ4v) is 4.70. The van der Waals surface area contributed by atoms with Gasteiger partial charge in [-0.1, -0.05) is 30.3 Å². The van der Waals surface area contributed by atoms with Gasteiger partial charge in [0.25, 0.3) is 0 Å². The van der Waals surface area contributed by atoms with Crippen LogP contribution in [-0.2, 0) is 17.9 Å². The van der Waals surface area contributed by atoms with Crippen molar-refractivity contribution in [2.24, 2.45) is 5.41 Å². The number of imidazole rings is 1. The normalized spacial score (nSPS) is 23.7. The Morgan fingerprint density at radius 1 is 1.11 bits per heavy atom. The molecule has 1 spiro atoms. The molecule has 1 amide bonds. The van der Waals surface area contributed by atoms with Gasteiger partial charge in [-0.2, -0.15) is 0 Å². The van der Waals surface area contributed by atoms with E-state index in [0.29, 0.717) is 11.9 Å². The highest BCUT2D eigenvalue weighted by Crippen LogP contribution is 2.41. The van der Waals surface area contributed by atoms with Gasteiger partial charge in [0.15, 0.2) is 0 Å². The van der Waals surface area contributed by atoms with Gasteiger partial charge in [-0.25, -0.2) is 4.98 Å². The number of benzene rings is 1. The molecule has 2 aliphatic rings. The molecular formula is C22H30N4O. The third-order valence-electron chi connectivity index (χ3n) is 6.20. The monoisotopic (exact) mass is 366 g/mol. The predicted molar refractivity (Wildman–Crippen MR) is 106 cm³/mol. The first-order valence-electron chi connectivity index (χ1n) is 10.1. The zero-order chi connectivity index (χ0) is 18.9. The Balaban J connectivity index is 1.44. The summed E-state index contributed by atoms with van der Waals surface area (Å²) in [5.41, 5.74) is 2.34. The number of carbonyl (C=O) groups excluding carboxylic acids is 1. The number of rotatable bonds is 5. The van der Waals surface area contributed by atoms with Crippen molar-refractivity contribution in [3.8, 4) is 0 Å². The number of piperidine rings is 1. The number of hydrogen-bond acceptors (Lipinski definition) is 3. The molecule has 0 unspecified atom stereocenters. The van der Waals surface area contributed by atoms with Crippen molar-refractivity contribution in [1.82, 2.24) is 19.4 Å². The first-order chi connectivity index (χ1) is 13.1. The number of likely N-dealkylation sites (tertiary alicyclic amines) is 2. The van der Waals surface area contributed by atoms with Crippen LogP contribution >= 0.6 is 0 Å². The lowest BCUT2D eigenvalue weighted by Crippen LogP contribution is -2.52. The summed E-state index contributed by atoms with van der Waals surface area (Å²) in [7, 11) is 0. The smallest absolute Gasteiger partial charge is 0.230 e. The maximum atomic E-state index is 13.1. The third-order valence-corrected chi connectivity index (χ3v) is 6.20. The maximum Gasteiger partial charge on any atom is 0.230 e. The topological polar surface area (TPSA) is 41.4 Å². The van der Waals surface area contributed by atoms with Crippen LogP contribution < -0.4 is 0 Å². The summed E-state index contributed by atoms with van der Waals surface area (Å²) in [6, 6.07) is 10.8. The van der Waals surface area contributed by atoms with Crippen molar-refractivity contribution >= 4 is 5.91 Å². The van der Waals surface area contributed by atoms with Crippen LogP contribution in [0.25, 0.3) is 0 Å². The summed E-state index contributed by atoms with van der Waals surface area (Å²) in [5, 5.41) is 0. The zero-order valence-electron chi connectivity index (χ0n) is 16.5. The average Bonchev–Trinajstić information content (AvgIpc) is 3.26. The molecule has 0 saturated carbocycles. The molecule has 5 heteroatoms. The zero-order valence-corrected chi connectivity index (χ0v) is 16.5. The molecule has 2 fully saturated rings. The molecule has 144 valence electrons. The SMILES string of the molecule is CC(C)N1CCC[C@@]2(CCN(Cc3cncn3Cc3ccccc3)C2)C1=O. The Kier molecular flexibility index (Phi) is 5.04. The van der Waals surface area contributed by atoms with Gasteiger partial charge in [0.05, 0.1) is 17.4 Å². The van der Waals surface area contributed by atoms with Crippen molar-refractivity contribution in [1.29, 1.82) is 0 Å². The summed E-state index contributed by atoms with van der Waals surface area (Å²) >= 11 is 0. The molecule has 0 bridgehead atoms. The molecular weight excluding hydrogens is 336 g/mol. The van der Waals surface area contributed by atoms with Crippen LogP contribution in [0.3, 0.4) is 0 Å². The van der Waals surface area contributed by atoms with E-state index in [-0.39, 0.29) is 5.41 Å². The van der Waals surface area contributed by atoms with Crippen LogP contribution in [0.15, 0.2) is 42.9 Å². The van der Waals surface area contributed by atoms with Crippen molar-refractivity contribution in [2.75, 3.05) is 19.6 Å². The van der Waals surface area contributed by atoms with Crippen LogP contribution in [0.1, 0.15) is 44.4 Å². The first-order valence-corrected chi connectivity index (χ1v) is 10.1. The summed E-state index contributed by atoms with van der Waals surface area (Å²) < 4.78 is 2.23. The van der Waals surface area contributed by atoms with Gasteiger partial charge in [0.2, 0.25) is 5.91 Å². The second-order valence-corrected chi connectivity index (χ2v) is 8.44. The Morgan fingerprint density at radius 2 is 1.93 bits per heavy atom. The highest BCUT2D eigenvalue weighted by molar-refractivity contribution is 5.84. The van der Waals surface area contributed by atoms with Gasteiger partial charge in [0.1, 0.15) is 0 Å². The molecule has 2 saturated heterocycles. The molecule has 1 aromatic carbocycles. The molecule has 4 rings (SSSR count). The number of amides is 1. The molecule has 2 aromatic rings. The van der Waals surface area contributed by atoms with Crippen molar-refractivity contribution < 1.29 is 4.79 Å². The van der Waals surface area contributed by atoms with E-state index in [1.807, 2.05) is 18.6 Å². The molecule has 3 heterocycles. The van der Waals surface area contributed by atoms with Gasteiger partial charge in [-0.05, 0) is 45.2 Å². The van der Waals surface area contributed by atoms with Crippen molar-refractivity contribution in [2.45, 2.75) is 52.2 Å². The number of aromatic nitrogens is 2. The lowest BCUT2D eigenvalue weighted by molar-refractivity contribution is -0.147. The number of carbonyl (C=O) groups is 1. The maximum absolute atomic E-state index is 13.1. The third kappa shape index (κ3) is 3.65. The van der Waals surface area contributed by atoms with Gasteiger partial charge < -0.3 is 9.47 Å². The van der Waals surface area contributed by atoms with Gasteiger partial charge in [-0.15, -0.1) is 0 Å². The van der Waals surface area contributed by atoms with Gasteiger partial charge in [-0.3, -0.25) is 9.69 Å². The molecule has 5 nitrogen and oxygen atoms in total. The molecule has 0 radical (unpaired) electrons. The summed E-state index contributed by atoms with van der Waals surface area (Å²) in [6.45, 7) is 8.76. The van der Waals surface area contributed by atoms with E-state index in [4.69, 9.17) is 0 Å². The largest absolute Gasteiger partial charge is 0.340 e. The fraction of sp³-hybridized carbons (Fsp3) is 0.545. The van der Waals surface area contributed by atoms with Crippen molar-refractivity contribution in [3.63, 3.8) is 0 Å². The van der Waals surface area contributed by atoms with E-state index in [0.717, 1.165) is 52.0 Å². The average molecular weight is 367 g/mol. The number of nitrogens with zero attached hydrogens (tertiary/aromatic N) is 4. The highest BCUT2D eigenvalue weighted by Gasteiger charge is 2.48. The number of hydrogen-bond donors (Lipinski definition) is 0. The summed E-state index contributed by atoms with van der Waals surface area (Å²) in [4.78, 5) is 22.0. The van der Waals surface area contributed by atoms with Crippen LogP contribution in [0, 0.1) is 5.41 Å². The standard InChI is InChI=1S/C22H30N4O/c1-18(2)26-11-6-9-22(21(26)27)10-12-24(16-22)15-20-13-23-17-25(20)14-19-7-4-3-5-8-19/h3-5,7-8,13,17-18H,6,9-12,14-16H2,1-2H3/t22-/m0/s1. The molecule has 2 aliphatic heterocycles.